The smallest absolute Gasteiger partial charge is 0.313 e. The lowest BCUT2D eigenvalue weighted by Gasteiger charge is -2.33. The summed E-state index contributed by atoms with van der Waals surface area (Å²) in [5.41, 5.74) is 0.130. The first-order valence-electron chi connectivity index (χ1n) is 5.98. The van der Waals surface area contributed by atoms with E-state index in [9.17, 15) is 13.2 Å². The monoisotopic (exact) mass is 237 g/mol. The highest BCUT2D eigenvalue weighted by Crippen LogP contribution is 2.37. The molecule has 0 saturated heterocycles. The molecule has 0 amide bonds. The molecule has 2 unspecified atom stereocenters. The normalized spacial score (nSPS) is 28.1. The second kappa shape index (κ2) is 4.94. The molecule has 1 saturated carbocycles. The molecule has 2 atom stereocenters. The Hall–Kier alpha value is -0.250. The van der Waals surface area contributed by atoms with E-state index < -0.39 is 12.1 Å². The molecular formula is C12H22F3N. The van der Waals surface area contributed by atoms with Crippen molar-refractivity contribution in [3.8, 4) is 0 Å². The second-order valence-corrected chi connectivity index (χ2v) is 6.04. The lowest BCUT2D eigenvalue weighted by Crippen LogP contribution is -2.41. The first-order valence-corrected chi connectivity index (χ1v) is 5.98. The Morgan fingerprint density at radius 2 is 1.75 bits per heavy atom. The average Bonchev–Trinajstić information content (AvgIpc) is 2.13. The van der Waals surface area contributed by atoms with Crippen molar-refractivity contribution in [2.24, 2.45) is 11.3 Å². The highest BCUT2D eigenvalue weighted by Gasteiger charge is 2.42. The van der Waals surface area contributed by atoms with E-state index in [-0.39, 0.29) is 17.9 Å². The summed E-state index contributed by atoms with van der Waals surface area (Å²) in [5.74, 6) is -1.10. The van der Waals surface area contributed by atoms with Gasteiger partial charge < -0.3 is 5.32 Å². The summed E-state index contributed by atoms with van der Waals surface area (Å²) < 4.78 is 37.7. The van der Waals surface area contributed by atoms with Gasteiger partial charge >= 0.3 is 6.18 Å². The number of hydrogen-bond donors (Lipinski definition) is 1. The minimum Gasteiger partial charge on any atom is -0.313 e. The molecule has 0 heterocycles. The van der Waals surface area contributed by atoms with Crippen LogP contribution in [0.1, 0.15) is 46.5 Å². The van der Waals surface area contributed by atoms with Crippen LogP contribution in [-0.2, 0) is 0 Å². The molecule has 1 nitrogen and oxygen atoms in total. The summed E-state index contributed by atoms with van der Waals surface area (Å²) in [6.07, 6.45) is -1.90. The van der Waals surface area contributed by atoms with Gasteiger partial charge in [0.1, 0.15) is 0 Å². The van der Waals surface area contributed by atoms with Crippen LogP contribution < -0.4 is 5.32 Å². The summed E-state index contributed by atoms with van der Waals surface area (Å²) >= 11 is 0. The number of hydrogen-bond acceptors (Lipinski definition) is 1. The van der Waals surface area contributed by atoms with E-state index in [2.05, 4.69) is 26.1 Å². The van der Waals surface area contributed by atoms with Crippen molar-refractivity contribution in [3.05, 3.63) is 0 Å². The molecule has 1 aliphatic rings. The van der Waals surface area contributed by atoms with Gasteiger partial charge in [-0.05, 0) is 24.7 Å². The largest absolute Gasteiger partial charge is 0.391 e. The molecule has 1 fully saturated rings. The fourth-order valence-electron chi connectivity index (χ4n) is 2.12. The third-order valence-electron chi connectivity index (χ3n) is 3.06. The lowest BCUT2D eigenvalue weighted by molar-refractivity contribution is -0.183. The molecule has 0 spiro atoms. The van der Waals surface area contributed by atoms with Crippen molar-refractivity contribution in [3.63, 3.8) is 0 Å². The van der Waals surface area contributed by atoms with Crippen LogP contribution in [0.25, 0.3) is 0 Å². The van der Waals surface area contributed by atoms with Crippen LogP contribution in [-0.4, -0.2) is 18.8 Å². The Bertz CT molecular complexity index is 217. The maximum absolute atomic E-state index is 12.6. The van der Waals surface area contributed by atoms with E-state index in [1.165, 1.54) is 0 Å². The van der Waals surface area contributed by atoms with Crippen molar-refractivity contribution in [1.29, 1.82) is 0 Å². The van der Waals surface area contributed by atoms with Crippen molar-refractivity contribution in [2.45, 2.75) is 58.7 Å². The maximum Gasteiger partial charge on any atom is 0.391 e. The molecule has 0 aromatic rings. The first-order chi connectivity index (χ1) is 7.18. The van der Waals surface area contributed by atoms with Gasteiger partial charge in [-0.1, -0.05) is 27.2 Å². The van der Waals surface area contributed by atoms with Gasteiger partial charge in [-0.25, -0.2) is 0 Å². The van der Waals surface area contributed by atoms with Crippen molar-refractivity contribution in [1.82, 2.24) is 5.32 Å². The summed E-state index contributed by atoms with van der Waals surface area (Å²) in [4.78, 5) is 0. The molecule has 0 aromatic heterocycles. The zero-order valence-corrected chi connectivity index (χ0v) is 10.3. The predicted octanol–water partition coefficient (Wildman–Crippen LogP) is 3.74. The number of nitrogens with one attached hydrogen (secondary N) is 1. The van der Waals surface area contributed by atoms with Gasteiger partial charge in [0, 0.05) is 12.6 Å². The number of alkyl halides is 3. The molecule has 0 bridgehead atoms. The number of rotatable bonds is 2. The standard InChI is InChI=1S/C12H22F3N/c1-11(2,3)8-16-10-6-4-5-9(7-10)12(13,14)15/h9-10,16H,4-8H2,1-3H3. The molecule has 1 rings (SSSR count). The van der Waals surface area contributed by atoms with Gasteiger partial charge in [0.25, 0.3) is 0 Å². The minimum atomic E-state index is -4.01. The van der Waals surface area contributed by atoms with Crippen LogP contribution in [0.5, 0.6) is 0 Å². The maximum atomic E-state index is 12.6. The van der Waals surface area contributed by atoms with E-state index in [0.717, 1.165) is 13.0 Å². The zero-order chi connectivity index (χ0) is 12.4. The third kappa shape index (κ3) is 4.73. The second-order valence-electron chi connectivity index (χ2n) is 6.04. The van der Waals surface area contributed by atoms with Gasteiger partial charge in [-0.15, -0.1) is 0 Å². The van der Waals surface area contributed by atoms with Gasteiger partial charge in [-0.2, -0.15) is 13.2 Å². The fraction of sp³-hybridized carbons (Fsp3) is 1.00. The topological polar surface area (TPSA) is 12.0 Å². The van der Waals surface area contributed by atoms with Crippen molar-refractivity contribution < 1.29 is 13.2 Å². The third-order valence-corrected chi connectivity index (χ3v) is 3.06. The molecule has 1 N–H and O–H groups in total. The average molecular weight is 237 g/mol. The van der Waals surface area contributed by atoms with Gasteiger partial charge in [0.15, 0.2) is 0 Å². The number of halogens is 3. The molecule has 96 valence electrons. The van der Waals surface area contributed by atoms with Crippen LogP contribution in [0, 0.1) is 11.3 Å². The highest BCUT2D eigenvalue weighted by atomic mass is 19.4. The summed E-state index contributed by atoms with van der Waals surface area (Å²) in [5, 5.41) is 3.26. The van der Waals surface area contributed by atoms with Crippen LogP contribution in [0.15, 0.2) is 0 Å². The predicted molar refractivity (Wildman–Crippen MR) is 59.3 cm³/mol. The van der Waals surface area contributed by atoms with Gasteiger partial charge in [-0.3, -0.25) is 0 Å². The molecule has 0 aromatic carbocycles. The molecule has 0 radical (unpaired) electrons. The van der Waals surface area contributed by atoms with E-state index in [1.807, 2.05) is 0 Å². The van der Waals surface area contributed by atoms with Crippen LogP contribution in [0.3, 0.4) is 0 Å². The van der Waals surface area contributed by atoms with Crippen LogP contribution in [0.4, 0.5) is 13.2 Å². The Balaban J connectivity index is 2.39. The van der Waals surface area contributed by atoms with Crippen LogP contribution >= 0.6 is 0 Å². The Labute approximate surface area is 95.8 Å². The summed E-state index contributed by atoms with van der Waals surface area (Å²) in [6, 6.07) is 0.0413. The van der Waals surface area contributed by atoms with Gasteiger partial charge in [0.2, 0.25) is 0 Å². The van der Waals surface area contributed by atoms with Crippen molar-refractivity contribution >= 4 is 0 Å². The first kappa shape index (κ1) is 13.8. The Kier molecular flexibility index (Phi) is 4.27. The minimum absolute atomic E-state index is 0.0413. The van der Waals surface area contributed by atoms with Crippen molar-refractivity contribution in [2.75, 3.05) is 6.54 Å². The summed E-state index contributed by atoms with van der Waals surface area (Å²) in [6.45, 7) is 7.04. The molecule has 1 aliphatic carbocycles. The highest BCUT2D eigenvalue weighted by molar-refractivity contribution is 4.82. The Morgan fingerprint density at radius 1 is 1.12 bits per heavy atom. The summed E-state index contributed by atoms with van der Waals surface area (Å²) in [7, 11) is 0. The molecular weight excluding hydrogens is 215 g/mol. The molecule has 0 aliphatic heterocycles. The quantitative estimate of drug-likeness (QED) is 0.771. The SMILES string of the molecule is CC(C)(C)CNC1CCCC(C(F)(F)F)C1. The van der Waals surface area contributed by atoms with Crippen LogP contribution in [0.2, 0.25) is 0 Å². The molecule has 16 heavy (non-hydrogen) atoms. The zero-order valence-electron chi connectivity index (χ0n) is 10.3. The van der Waals surface area contributed by atoms with E-state index >= 15 is 0 Å². The molecule has 4 heteroatoms. The Morgan fingerprint density at radius 3 is 2.25 bits per heavy atom. The van der Waals surface area contributed by atoms with E-state index in [4.69, 9.17) is 0 Å². The van der Waals surface area contributed by atoms with E-state index in [0.29, 0.717) is 12.8 Å². The lowest BCUT2D eigenvalue weighted by atomic mass is 9.84. The fourth-order valence-corrected chi connectivity index (χ4v) is 2.12. The van der Waals surface area contributed by atoms with E-state index in [1.54, 1.807) is 0 Å². The van der Waals surface area contributed by atoms with Gasteiger partial charge in [0.05, 0.1) is 5.92 Å².